The number of hydrogen-bond acceptors (Lipinski definition) is 6. The quantitative estimate of drug-likeness (QED) is 0.812. The number of ether oxygens (including phenoxy) is 1. The van der Waals surface area contributed by atoms with Gasteiger partial charge in [-0.3, -0.25) is 0 Å². The fraction of sp³-hybridized carbons (Fsp3) is 0.692. The Balaban J connectivity index is 3.04. The molecule has 1 aromatic rings. The number of aliphatic hydroxyl groups is 1. The van der Waals surface area contributed by atoms with Crippen LogP contribution in [-0.4, -0.2) is 39.9 Å². The van der Waals surface area contributed by atoms with Crippen LogP contribution in [0.5, 0.6) is 5.88 Å². The van der Waals surface area contributed by atoms with Gasteiger partial charge in [-0.2, -0.15) is 4.98 Å². The van der Waals surface area contributed by atoms with Gasteiger partial charge in [-0.05, 0) is 34.6 Å². The molecule has 0 atom stereocenters. The molecule has 0 aliphatic heterocycles. The first-order valence-corrected chi connectivity index (χ1v) is 6.49. The van der Waals surface area contributed by atoms with E-state index >= 15 is 0 Å². The fourth-order valence-corrected chi connectivity index (χ4v) is 1.74. The number of anilines is 2. The van der Waals surface area contributed by atoms with Crippen molar-refractivity contribution < 1.29 is 9.84 Å². The average molecular weight is 268 g/mol. The van der Waals surface area contributed by atoms with Crippen molar-refractivity contribution >= 4 is 11.5 Å². The molecule has 6 heteroatoms. The summed E-state index contributed by atoms with van der Waals surface area (Å²) >= 11 is 0. The average Bonchev–Trinajstić information content (AvgIpc) is 2.27. The molecule has 1 aromatic heterocycles. The third-order valence-electron chi connectivity index (χ3n) is 2.43. The maximum Gasteiger partial charge on any atom is 0.242 e. The molecule has 0 fully saturated rings. The van der Waals surface area contributed by atoms with E-state index in [-0.39, 0.29) is 6.10 Å². The molecule has 19 heavy (non-hydrogen) atoms. The third kappa shape index (κ3) is 4.55. The normalized spacial score (nSPS) is 11.7. The van der Waals surface area contributed by atoms with Gasteiger partial charge in [0.25, 0.3) is 0 Å². The molecule has 0 aliphatic carbocycles. The van der Waals surface area contributed by atoms with Crippen LogP contribution in [0.2, 0.25) is 0 Å². The minimum absolute atomic E-state index is 0.00518. The summed E-state index contributed by atoms with van der Waals surface area (Å²) in [4.78, 5) is 10.2. The maximum absolute atomic E-state index is 9.93. The van der Waals surface area contributed by atoms with Gasteiger partial charge < -0.3 is 20.5 Å². The molecule has 1 rings (SSSR count). The summed E-state index contributed by atoms with van der Waals surface area (Å²) in [5, 5.41) is 9.93. The molecule has 0 unspecified atom stereocenters. The molecule has 0 saturated heterocycles. The molecule has 108 valence electrons. The number of rotatable bonds is 6. The van der Waals surface area contributed by atoms with E-state index in [4.69, 9.17) is 10.5 Å². The number of nitrogens with zero attached hydrogens (tertiary/aromatic N) is 3. The number of hydrogen-bond donors (Lipinski definition) is 2. The Hall–Kier alpha value is -1.56. The second kappa shape index (κ2) is 6.06. The van der Waals surface area contributed by atoms with Gasteiger partial charge in [0.15, 0.2) is 5.82 Å². The van der Waals surface area contributed by atoms with Gasteiger partial charge in [-0.15, -0.1) is 0 Å². The fourth-order valence-electron chi connectivity index (χ4n) is 1.74. The molecular formula is C13H24N4O2. The summed E-state index contributed by atoms with van der Waals surface area (Å²) in [6.45, 7) is 10.4. The van der Waals surface area contributed by atoms with Crippen LogP contribution < -0.4 is 15.4 Å². The van der Waals surface area contributed by atoms with Crippen molar-refractivity contribution in [2.45, 2.75) is 46.3 Å². The number of nitrogens with two attached hydrogens (primary N) is 1. The maximum atomic E-state index is 9.93. The van der Waals surface area contributed by atoms with E-state index < -0.39 is 5.60 Å². The van der Waals surface area contributed by atoms with Gasteiger partial charge in [-0.25, -0.2) is 4.98 Å². The highest BCUT2D eigenvalue weighted by atomic mass is 16.5. The Labute approximate surface area is 114 Å². The lowest BCUT2D eigenvalue weighted by molar-refractivity contribution is 0.0874. The molecule has 0 aliphatic rings. The second-order valence-corrected chi connectivity index (χ2v) is 5.41. The van der Waals surface area contributed by atoms with Gasteiger partial charge in [0.2, 0.25) is 5.88 Å². The van der Waals surface area contributed by atoms with Crippen LogP contribution in [-0.2, 0) is 0 Å². The highest BCUT2D eigenvalue weighted by molar-refractivity contribution is 5.67. The monoisotopic (exact) mass is 268 g/mol. The summed E-state index contributed by atoms with van der Waals surface area (Å²) < 4.78 is 5.55. The first-order chi connectivity index (χ1) is 8.74. The zero-order valence-electron chi connectivity index (χ0n) is 12.3. The number of nitrogen functional groups attached to an aromatic ring is 1. The molecule has 0 bridgehead atoms. The van der Waals surface area contributed by atoms with Crippen molar-refractivity contribution in [2.24, 2.45) is 0 Å². The smallest absolute Gasteiger partial charge is 0.242 e. The molecule has 0 spiro atoms. The molecule has 3 N–H and O–H groups in total. The van der Waals surface area contributed by atoms with Crippen molar-refractivity contribution in [1.82, 2.24) is 9.97 Å². The number of likely N-dealkylation sites (N-methyl/N-ethyl adjacent to an activating group) is 1. The minimum Gasteiger partial charge on any atom is -0.473 e. The van der Waals surface area contributed by atoms with Crippen molar-refractivity contribution in [3.63, 3.8) is 0 Å². The van der Waals surface area contributed by atoms with Gasteiger partial charge in [0.1, 0.15) is 12.0 Å². The molecule has 0 aromatic carbocycles. The minimum atomic E-state index is -0.827. The van der Waals surface area contributed by atoms with Crippen molar-refractivity contribution in [3.8, 4) is 5.88 Å². The van der Waals surface area contributed by atoms with Crippen molar-refractivity contribution in [1.29, 1.82) is 0 Å². The van der Waals surface area contributed by atoms with Gasteiger partial charge in [0.05, 0.1) is 11.7 Å². The predicted molar refractivity (Wildman–Crippen MR) is 76.4 cm³/mol. The zero-order chi connectivity index (χ0) is 14.6. The largest absolute Gasteiger partial charge is 0.473 e. The van der Waals surface area contributed by atoms with Gasteiger partial charge in [-0.1, -0.05) is 0 Å². The Morgan fingerprint density at radius 3 is 2.53 bits per heavy atom. The lowest BCUT2D eigenvalue weighted by atomic mass is 10.1. The zero-order valence-corrected chi connectivity index (χ0v) is 12.3. The Morgan fingerprint density at radius 2 is 2.05 bits per heavy atom. The van der Waals surface area contributed by atoms with Crippen LogP contribution in [0.3, 0.4) is 0 Å². The van der Waals surface area contributed by atoms with Crippen LogP contribution in [0.15, 0.2) is 6.33 Å². The highest BCUT2D eigenvalue weighted by Gasteiger charge is 2.22. The molecule has 1 heterocycles. The van der Waals surface area contributed by atoms with E-state index in [0.717, 1.165) is 0 Å². The van der Waals surface area contributed by atoms with Crippen LogP contribution in [0, 0.1) is 0 Å². The summed E-state index contributed by atoms with van der Waals surface area (Å²) in [7, 11) is 0. The third-order valence-corrected chi connectivity index (χ3v) is 2.43. The molecule has 0 saturated carbocycles. The second-order valence-electron chi connectivity index (χ2n) is 5.41. The molecule has 0 radical (unpaired) electrons. The van der Waals surface area contributed by atoms with Crippen LogP contribution >= 0.6 is 0 Å². The first-order valence-electron chi connectivity index (χ1n) is 6.49. The van der Waals surface area contributed by atoms with Gasteiger partial charge in [0, 0.05) is 13.1 Å². The van der Waals surface area contributed by atoms with E-state index in [1.165, 1.54) is 6.33 Å². The molecule has 0 amide bonds. The van der Waals surface area contributed by atoms with Crippen molar-refractivity contribution in [3.05, 3.63) is 6.33 Å². The standard InChI is InChI=1S/C13H24N4O2/c1-6-17(7-13(4,5)18)11-10(14)12(16-8-15-11)19-9(2)3/h8-9,18H,6-7,14H2,1-5H3. The van der Waals surface area contributed by atoms with E-state index in [0.29, 0.717) is 30.5 Å². The van der Waals surface area contributed by atoms with Crippen LogP contribution in [0.4, 0.5) is 11.5 Å². The Kier molecular flexibility index (Phi) is 4.94. The lowest BCUT2D eigenvalue weighted by Gasteiger charge is -2.29. The molecular weight excluding hydrogens is 244 g/mol. The van der Waals surface area contributed by atoms with Crippen molar-refractivity contribution in [2.75, 3.05) is 23.7 Å². The summed E-state index contributed by atoms with van der Waals surface area (Å²) in [6, 6.07) is 0. The SMILES string of the molecule is CCN(CC(C)(C)O)c1ncnc(OC(C)C)c1N. The topological polar surface area (TPSA) is 84.5 Å². The highest BCUT2D eigenvalue weighted by Crippen LogP contribution is 2.29. The molecule has 6 nitrogen and oxygen atoms in total. The van der Waals surface area contributed by atoms with E-state index in [9.17, 15) is 5.11 Å². The summed E-state index contributed by atoms with van der Waals surface area (Å²) in [5.41, 5.74) is 5.63. The number of aromatic nitrogens is 2. The predicted octanol–water partition coefficient (Wildman–Crippen LogP) is 1.44. The Morgan fingerprint density at radius 1 is 1.42 bits per heavy atom. The van der Waals surface area contributed by atoms with E-state index in [1.807, 2.05) is 25.7 Å². The van der Waals surface area contributed by atoms with Crippen LogP contribution in [0.1, 0.15) is 34.6 Å². The van der Waals surface area contributed by atoms with E-state index in [1.54, 1.807) is 13.8 Å². The Bertz CT molecular complexity index is 416. The summed E-state index contributed by atoms with van der Waals surface area (Å²) in [5.74, 6) is 0.976. The van der Waals surface area contributed by atoms with E-state index in [2.05, 4.69) is 9.97 Å². The van der Waals surface area contributed by atoms with Gasteiger partial charge >= 0.3 is 0 Å². The first kappa shape index (κ1) is 15.5. The summed E-state index contributed by atoms with van der Waals surface area (Å²) in [6.07, 6.45) is 1.42. The lowest BCUT2D eigenvalue weighted by Crippen LogP contribution is -2.39. The van der Waals surface area contributed by atoms with Crippen LogP contribution in [0.25, 0.3) is 0 Å².